The van der Waals surface area contributed by atoms with Gasteiger partial charge in [-0.25, -0.2) is 4.39 Å². The Labute approximate surface area is 126 Å². The fourth-order valence-electron chi connectivity index (χ4n) is 1.47. The van der Waals surface area contributed by atoms with Gasteiger partial charge < -0.3 is 15.2 Å². The van der Waals surface area contributed by atoms with Crippen LogP contribution in [0.5, 0.6) is 17.2 Å². The van der Waals surface area contributed by atoms with E-state index < -0.39 is 5.82 Å². The maximum absolute atomic E-state index is 13.4. The Kier molecular flexibility index (Phi) is 4.31. The average molecular weight is 391 g/mol. The molecule has 19 heavy (non-hydrogen) atoms. The molecule has 0 aliphatic rings. The Morgan fingerprint density at radius 2 is 1.79 bits per heavy atom. The summed E-state index contributed by atoms with van der Waals surface area (Å²) >= 11 is 6.73. The van der Waals surface area contributed by atoms with Gasteiger partial charge in [0.25, 0.3) is 0 Å². The minimum absolute atomic E-state index is 0.0810. The van der Waals surface area contributed by atoms with Crippen LogP contribution in [0.2, 0.25) is 0 Å². The summed E-state index contributed by atoms with van der Waals surface area (Å²) in [7, 11) is 1.38. The summed E-state index contributed by atoms with van der Waals surface area (Å²) in [5, 5.41) is 0. The number of nitrogen functional groups attached to an aromatic ring is 1. The SMILES string of the molecule is COc1cc(Oc2ccc(Br)cc2Br)c(N)cc1F. The molecule has 0 saturated heterocycles. The number of methoxy groups -OCH3 is 1. The third kappa shape index (κ3) is 3.19. The van der Waals surface area contributed by atoms with Gasteiger partial charge in [-0.1, -0.05) is 15.9 Å². The van der Waals surface area contributed by atoms with E-state index in [0.717, 1.165) is 8.95 Å². The van der Waals surface area contributed by atoms with Gasteiger partial charge >= 0.3 is 0 Å². The summed E-state index contributed by atoms with van der Waals surface area (Å²) < 4.78 is 25.6. The highest BCUT2D eigenvalue weighted by Crippen LogP contribution is 2.37. The number of anilines is 1. The van der Waals surface area contributed by atoms with Crippen molar-refractivity contribution in [1.29, 1.82) is 0 Å². The minimum Gasteiger partial charge on any atom is -0.494 e. The molecule has 0 heterocycles. The van der Waals surface area contributed by atoms with Crippen LogP contribution in [0.25, 0.3) is 0 Å². The monoisotopic (exact) mass is 389 g/mol. The Morgan fingerprint density at radius 3 is 2.42 bits per heavy atom. The van der Waals surface area contributed by atoms with Crippen LogP contribution in [-0.2, 0) is 0 Å². The van der Waals surface area contributed by atoms with Gasteiger partial charge in [-0.2, -0.15) is 0 Å². The zero-order valence-electron chi connectivity index (χ0n) is 9.91. The third-order valence-corrected chi connectivity index (χ3v) is 3.51. The largest absolute Gasteiger partial charge is 0.494 e. The van der Waals surface area contributed by atoms with Crippen molar-refractivity contribution >= 4 is 37.5 Å². The molecule has 0 radical (unpaired) electrons. The molecular weight excluding hydrogens is 381 g/mol. The molecule has 0 aliphatic carbocycles. The van der Waals surface area contributed by atoms with E-state index in [4.69, 9.17) is 15.2 Å². The van der Waals surface area contributed by atoms with Crippen molar-refractivity contribution in [3.8, 4) is 17.2 Å². The fourth-order valence-corrected chi connectivity index (χ4v) is 2.60. The molecule has 0 bridgehead atoms. The van der Waals surface area contributed by atoms with Gasteiger partial charge in [-0.3, -0.25) is 0 Å². The second kappa shape index (κ2) is 5.79. The smallest absolute Gasteiger partial charge is 0.167 e. The van der Waals surface area contributed by atoms with Crippen LogP contribution in [0.15, 0.2) is 39.3 Å². The predicted octanol–water partition coefficient (Wildman–Crippen LogP) is 4.73. The highest BCUT2D eigenvalue weighted by atomic mass is 79.9. The van der Waals surface area contributed by atoms with Crippen molar-refractivity contribution in [3.05, 3.63) is 45.1 Å². The lowest BCUT2D eigenvalue weighted by molar-refractivity contribution is 0.382. The number of halogens is 3. The first-order chi connectivity index (χ1) is 9.01. The zero-order chi connectivity index (χ0) is 14.0. The molecule has 0 saturated carbocycles. The summed E-state index contributed by atoms with van der Waals surface area (Å²) in [6, 6.07) is 8.02. The topological polar surface area (TPSA) is 44.5 Å². The van der Waals surface area contributed by atoms with Gasteiger partial charge in [0, 0.05) is 16.6 Å². The lowest BCUT2D eigenvalue weighted by Crippen LogP contribution is -1.96. The molecule has 2 rings (SSSR count). The second-order valence-corrected chi connectivity index (χ2v) is 5.47. The van der Waals surface area contributed by atoms with Gasteiger partial charge in [0.1, 0.15) is 5.75 Å². The maximum Gasteiger partial charge on any atom is 0.167 e. The summed E-state index contributed by atoms with van der Waals surface area (Å²) in [6.45, 7) is 0. The lowest BCUT2D eigenvalue weighted by atomic mass is 10.2. The lowest BCUT2D eigenvalue weighted by Gasteiger charge is -2.12. The quantitative estimate of drug-likeness (QED) is 0.770. The van der Waals surface area contributed by atoms with E-state index in [9.17, 15) is 4.39 Å². The molecule has 0 aliphatic heterocycles. The van der Waals surface area contributed by atoms with Crippen molar-refractivity contribution in [2.24, 2.45) is 0 Å². The molecule has 2 aromatic carbocycles. The van der Waals surface area contributed by atoms with E-state index in [1.165, 1.54) is 19.2 Å². The highest BCUT2D eigenvalue weighted by molar-refractivity contribution is 9.11. The van der Waals surface area contributed by atoms with Crippen LogP contribution >= 0.6 is 31.9 Å². The summed E-state index contributed by atoms with van der Waals surface area (Å²) in [5.74, 6) is 0.462. The van der Waals surface area contributed by atoms with Crippen molar-refractivity contribution < 1.29 is 13.9 Å². The number of ether oxygens (including phenoxy) is 2. The van der Waals surface area contributed by atoms with Gasteiger partial charge in [-0.15, -0.1) is 0 Å². The second-order valence-electron chi connectivity index (χ2n) is 3.70. The zero-order valence-corrected chi connectivity index (χ0v) is 13.1. The Hall–Kier alpha value is -1.27. The third-order valence-electron chi connectivity index (χ3n) is 2.40. The van der Waals surface area contributed by atoms with Crippen LogP contribution in [0.3, 0.4) is 0 Å². The molecular formula is C13H10Br2FNO2. The standard InChI is InChI=1S/C13H10Br2FNO2/c1-18-12-6-13(10(17)5-9(12)16)19-11-3-2-7(14)4-8(11)15/h2-6H,17H2,1H3. The Balaban J connectivity index is 2.37. The van der Waals surface area contributed by atoms with E-state index in [1.54, 1.807) is 6.07 Å². The fraction of sp³-hybridized carbons (Fsp3) is 0.0769. The molecule has 0 spiro atoms. The van der Waals surface area contributed by atoms with Gasteiger partial charge in [0.15, 0.2) is 17.3 Å². The minimum atomic E-state index is -0.526. The predicted molar refractivity (Wildman–Crippen MR) is 79.3 cm³/mol. The molecule has 2 aromatic rings. The molecule has 0 fully saturated rings. The summed E-state index contributed by atoms with van der Waals surface area (Å²) in [5.41, 5.74) is 5.93. The van der Waals surface area contributed by atoms with Gasteiger partial charge in [0.05, 0.1) is 17.3 Å². The summed E-state index contributed by atoms with van der Waals surface area (Å²) in [4.78, 5) is 0. The van der Waals surface area contributed by atoms with Crippen molar-refractivity contribution in [2.45, 2.75) is 0 Å². The first-order valence-corrected chi connectivity index (χ1v) is 6.85. The van der Waals surface area contributed by atoms with Crippen molar-refractivity contribution in [1.82, 2.24) is 0 Å². The van der Waals surface area contributed by atoms with Crippen molar-refractivity contribution in [2.75, 3.05) is 12.8 Å². The van der Waals surface area contributed by atoms with Crippen molar-refractivity contribution in [3.63, 3.8) is 0 Å². The normalized spacial score (nSPS) is 10.3. The van der Waals surface area contributed by atoms with E-state index in [1.807, 2.05) is 12.1 Å². The van der Waals surface area contributed by atoms with E-state index >= 15 is 0 Å². The van der Waals surface area contributed by atoms with Crippen LogP contribution in [0, 0.1) is 5.82 Å². The molecule has 0 amide bonds. The number of nitrogens with two attached hydrogens (primary N) is 1. The van der Waals surface area contributed by atoms with E-state index in [0.29, 0.717) is 11.5 Å². The van der Waals surface area contributed by atoms with Gasteiger partial charge in [0.2, 0.25) is 0 Å². The number of hydrogen-bond donors (Lipinski definition) is 1. The highest BCUT2D eigenvalue weighted by Gasteiger charge is 2.11. The van der Waals surface area contributed by atoms with Crippen LogP contribution in [0.1, 0.15) is 0 Å². The molecule has 0 unspecified atom stereocenters. The average Bonchev–Trinajstić information content (AvgIpc) is 2.35. The molecule has 0 atom stereocenters. The summed E-state index contributed by atoms with van der Waals surface area (Å²) in [6.07, 6.45) is 0. The van der Waals surface area contributed by atoms with E-state index in [2.05, 4.69) is 31.9 Å². The molecule has 2 N–H and O–H groups in total. The number of rotatable bonds is 3. The van der Waals surface area contributed by atoms with Gasteiger partial charge in [-0.05, 0) is 34.1 Å². The Morgan fingerprint density at radius 1 is 1.05 bits per heavy atom. The Bertz CT molecular complexity index is 620. The first-order valence-electron chi connectivity index (χ1n) is 5.27. The number of benzene rings is 2. The van der Waals surface area contributed by atoms with Crippen LogP contribution in [-0.4, -0.2) is 7.11 Å². The first kappa shape index (κ1) is 14.1. The number of hydrogen-bond acceptors (Lipinski definition) is 3. The maximum atomic E-state index is 13.4. The van der Waals surface area contributed by atoms with Crippen LogP contribution < -0.4 is 15.2 Å². The molecule has 100 valence electrons. The molecule has 0 aromatic heterocycles. The van der Waals surface area contributed by atoms with Crippen LogP contribution in [0.4, 0.5) is 10.1 Å². The van der Waals surface area contributed by atoms with E-state index in [-0.39, 0.29) is 11.4 Å². The molecule has 3 nitrogen and oxygen atoms in total. The molecule has 6 heteroatoms.